The zero-order chi connectivity index (χ0) is 13.9. The summed E-state index contributed by atoms with van der Waals surface area (Å²) in [4.78, 5) is 8.84. The third kappa shape index (κ3) is 3.12. The van der Waals surface area contributed by atoms with E-state index in [1.54, 1.807) is 0 Å². The van der Waals surface area contributed by atoms with Crippen LogP contribution in [0, 0.1) is 5.92 Å². The number of fused-ring (bicyclic) bond motifs is 1. The van der Waals surface area contributed by atoms with Crippen molar-refractivity contribution in [1.29, 1.82) is 0 Å². The van der Waals surface area contributed by atoms with Crippen molar-refractivity contribution in [2.45, 2.75) is 25.8 Å². The van der Waals surface area contributed by atoms with Crippen LogP contribution in [0.2, 0.25) is 0 Å². The first-order valence-corrected chi connectivity index (χ1v) is 7.67. The molecule has 3 rings (SSSR count). The molecule has 0 amide bonds. The maximum atomic E-state index is 5.86. The highest BCUT2D eigenvalue weighted by Gasteiger charge is 2.16. The molecule has 0 bridgehead atoms. The fourth-order valence-electron chi connectivity index (χ4n) is 2.26. The number of aromatic nitrogens is 2. The van der Waals surface area contributed by atoms with Gasteiger partial charge in [0, 0.05) is 23.4 Å². The standard InChI is InChI=1S/C14H18BrN5/c15-11-4-5-13-19-12(9-20(13)8-11)7-18-14(16)17-6-10-2-1-3-10/h4-5,8-10H,1-3,6-7H2,(H3,16,17,18). The van der Waals surface area contributed by atoms with Gasteiger partial charge < -0.3 is 15.5 Å². The summed E-state index contributed by atoms with van der Waals surface area (Å²) in [5.41, 5.74) is 7.69. The molecule has 1 aliphatic carbocycles. The molecule has 2 aromatic heterocycles. The quantitative estimate of drug-likeness (QED) is 0.665. The van der Waals surface area contributed by atoms with Crippen LogP contribution in [0.5, 0.6) is 0 Å². The third-order valence-corrected chi connectivity index (χ3v) is 4.14. The summed E-state index contributed by atoms with van der Waals surface area (Å²) in [6.45, 7) is 1.44. The van der Waals surface area contributed by atoms with Crippen molar-refractivity contribution in [1.82, 2.24) is 14.7 Å². The van der Waals surface area contributed by atoms with Crippen LogP contribution >= 0.6 is 15.9 Å². The van der Waals surface area contributed by atoms with Crippen LogP contribution in [0.25, 0.3) is 5.65 Å². The van der Waals surface area contributed by atoms with Crippen molar-refractivity contribution >= 4 is 27.5 Å². The second-order valence-corrected chi connectivity index (χ2v) is 6.14. The van der Waals surface area contributed by atoms with Gasteiger partial charge in [-0.25, -0.2) is 9.98 Å². The molecular formula is C14H18BrN5. The number of rotatable bonds is 4. The number of pyridine rings is 1. The van der Waals surface area contributed by atoms with Gasteiger partial charge >= 0.3 is 0 Å². The van der Waals surface area contributed by atoms with Gasteiger partial charge in [-0.2, -0.15) is 0 Å². The zero-order valence-corrected chi connectivity index (χ0v) is 12.8. The molecular weight excluding hydrogens is 318 g/mol. The number of hydrogen-bond acceptors (Lipinski definition) is 2. The van der Waals surface area contributed by atoms with Crippen LogP contribution in [-0.4, -0.2) is 21.9 Å². The second-order valence-electron chi connectivity index (χ2n) is 5.22. The van der Waals surface area contributed by atoms with Gasteiger partial charge in [0.05, 0.1) is 12.2 Å². The normalized spacial score (nSPS) is 16.4. The van der Waals surface area contributed by atoms with E-state index in [9.17, 15) is 0 Å². The minimum atomic E-state index is 0.503. The van der Waals surface area contributed by atoms with Gasteiger partial charge in [0.2, 0.25) is 0 Å². The number of halogens is 1. The van der Waals surface area contributed by atoms with Gasteiger partial charge in [-0.1, -0.05) is 6.42 Å². The molecule has 0 spiro atoms. The van der Waals surface area contributed by atoms with Crippen molar-refractivity contribution in [3.63, 3.8) is 0 Å². The van der Waals surface area contributed by atoms with Crippen LogP contribution in [0.3, 0.4) is 0 Å². The number of guanidine groups is 1. The van der Waals surface area contributed by atoms with Crippen LogP contribution in [0.4, 0.5) is 0 Å². The zero-order valence-electron chi connectivity index (χ0n) is 11.2. The van der Waals surface area contributed by atoms with E-state index in [0.717, 1.165) is 28.3 Å². The molecule has 0 saturated heterocycles. The molecule has 0 radical (unpaired) electrons. The molecule has 0 unspecified atom stereocenters. The van der Waals surface area contributed by atoms with Crippen molar-refractivity contribution < 1.29 is 0 Å². The highest BCUT2D eigenvalue weighted by atomic mass is 79.9. The molecule has 1 saturated carbocycles. The van der Waals surface area contributed by atoms with E-state index in [4.69, 9.17) is 5.73 Å². The largest absolute Gasteiger partial charge is 0.370 e. The summed E-state index contributed by atoms with van der Waals surface area (Å²) < 4.78 is 3.01. The Morgan fingerprint density at radius 2 is 2.30 bits per heavy atom. The summed E-state index contributed by atoms with van der Waals surface area (Å²) in [6.07, 6.45) is 7.92. The van der Waals surface area contributed by atoms with Gasteiger partial charge in [-0.15, -0.1) is 0 Å². The predicted molar refractivity (Wildman–Crippen MR) is 83.6 cm³/mol. The number of imidazole rings is 1. The number of nitrogens with two attached hydrogens (primary N) is 1. The van der Waals surface area contributed by atoms with E-state index in [1.807, 2.05) is 28.9 Å². The van der Waals surface area contributed by atoms with Crippen molar-refractivity contribution in [3.8, 4) is 0 Å². The highest BCUT2D eigenvalue weighted by Crippen LogP contribution is 2.24. The van der Waals surface area contributed by atoms with Crippen LogP contribution in [0.1, 0.15) is 25.0 Å². The Bertz CT molecular complexity index is 630. The van der Waals surface area contributed by atoms with E-state index in [2.05, 4.69) is 31.2 Å². The lowest BCUT2D eigenvalue weighted by Gasteiger charge is -2.25. The molecule has 6 heteroatoms. The molecule has 2 aromatic rings. The van der Waals surface area contributed by atoms with Gasteiger partial charge in [-0.3, -0.25) is 0 Å². The minimum absolute atomic E-state index is 0.503. The fourth-order valence-corrected chi connectivity index (χ4v) is 2.61. The number of hydrogen-bond donors (Lipinski definition) is 2. The molecule has 2 heterocycles. The van der Waals surface area contributed by atoms with Crippen LogP contribution < -0.4 is 11.1 Å². The van der Waals surface area contributed by atoms with Gasteiger partial charge in [0.1, 0.15) is 5.65 Å². The van der Waals surface area contributed by atoms with Crippen LogP contribution in [0.15, 0.2) is 34.0 Å². The van der Waals surface area contributed by atoms with Gasteiger partial charge in [-0.05, 0) is 46.8 Å². The summed E-state index contributed by atoms with van der Waals surface area (Å²) >= 11 is 3.44. The summed E-state index contributed by atoms with van der Waals surface area (Å²) in [6, 6.07) is 3.94. The first kappa shape index (κ1) is 13.4. The molecule has 106 valence electrons. The molecule has 5 nitrogen and oxygen atoms in total. The SMILES string of the molecule is NC(=NCc1cn2cc(Br)ccc2n1)NCC1CCC1. The topological polar surface area (TPSA) is 67.7 Å². The number of nitrogens with zero attached hydrogens (tertiary/aromatic N) is 3. The maximum absolute atomic E-state index is 5.86. The first-order chi connectivity index (χ1) is 9.70. The van der Waals surface area contributed by atoms with Crippen LogP contribution in [-0.2, 0) is 6.54 Å². The maximum Gasteiger partial charge on any atom is 0.188 e. The van der Waals surface area contributed by atoms with Gasteiger partial charge in [0.25, 0.3) is 0 Å². The van der Waals surface area contributed by atoms with E-state index in [1.165, 1.54) is 19.3 Å². The Labute approximate surface area is 126 Å². The average Bonchev–Trinajstić information content (AvgIpc) is 2.76. The van der Waals surface area contributed by atoms with E-state index < -0.39 is 0 Å². The number of nitrogens with one attached hydrogen (secondary N) is 1. The molecule has 3 N–H and O–H groups in total. The Balaban J connectivity index is 1.60. The monoisotopic (exact) mass is 335 g/mol. The molecule has 0 atom stereocenters. The molecule has 20 heavy (non-hydrogen) atoms. The summed E-state index contributed by atoms with van der Waals surface area (Å²) in [5, 5.41) is 3.18. The lowest BCUT2D eigenvalue weighted by atomic mass is 9.85. The lowest BCUT2D eigenvalue weighted by molar-refractivity contribution is 0.315. The van der Waals surface area contributed by atoms with Crippen molar-refractivity contribution in [3.05, 3.63) is 34.7 Å². The predicted octanol–water partition coefficient (Wildman–Crippen LogP) is 2.30. The van der Waals surface area contributed by atoms with E-state index >= 15 is 0 Å². The molecule has 1 aliphatic rings. The summed E-state index contributed by atoms with van der Waals surface area (Å²) in [7, 11) is 0. The smallest absolute Gasteiger partial charge is 0.188 e. The Hall–Kier alpha value is -1.56. The minimum Gasteiger partial charge on any atom is -0.370 e. The Kier molecular flexibility index (Phi) is 3.91. The fraction of sp³-hybridized carbons (Fsp3) is 0.429. The van der Waals surface area contributed by atoms with Crippen molar-refractivity contribution in [2.24, 2.45) is 16.6 Å². The molecule has 0 aromatic carbocycles. The van der Waals surface area contributed by atoms with Gasteiger partial charge in [0.15, 0.2) is 5.96 Å². The Morgan fingerprint density at radius 1 is 1.45 bits per heavy atom. The van der Waals surface area contributed by atoms with E-state index in [-0.39, 0.29) is 0 Å². The third-order valence-electron chi connectivity index (χ3n) is 3.67. The average molecular weight is 336 g/mol. The second kappa shape index (κ2) is 5.83. The molecule has 1 fully saturated rings. The number of aliphatic imine (C=N–C) groups is 1. The highest BCUT2D eigenvalue weighted by molar-refractivity contribution is 9.10. The van der Waals surface area contributed by atoms with E-state index in [0.29, 0.717) is 12.5 Å². The first-order valence-electron chi connectivity index (χ1n) is 6.87. The molecule has 0 aliphatic heterocycles. The van der Waals surface area contributed by atoms with Crippen molar-refractivity contribution in [2.75, 3.05) is 6.54 Å². The summed E-state index contributed by atoms with van der Waals surface area (Å²) in [5.74, 6) is 1.28. The lowest BCUT2D eigenvalue weighted by Crippen LogP contribution is -2.37. The Morgan fingerprint density at radius 3 is 3.05 bits per heavy atom.